The zero-order valence-corrected chi connectivity index (χ0v) is 5.85. The molecule has 0 rings (SSSR count). The van der Waals surface area contributed by atoms with E-state index in [1.807, 2.05) is 6.92 Å². The van der Waals surface area contributed by atoms with Crippen molar-refractivity contribution < 1.29 is 14.3 Å². The summed E-state index contributed by atoms with van der Waals surface area (Å²) in [5.74, 6) is -0.292. The van der Waals surface area contributed by atoms with Crippen LogP contribution in [0.5, 0.6) is 0 Å². The molecular weight excluding hydrogens is 147 g/mol. The highest BCUT2D eigenvalue weighted by atomic mass is 27.0. The van der Waals surface area contributed by atoms with E-state index in [0.717, 1.165) is 0 Å². The summed E-state index contributed by atoms with van der Waals surface area (Å²) in [6.07, 6.45) is 0. The number of esters is 1. The molecule has 0 N–H and O–H groups in total. The highest BCUT2D eigenvalue weighted by Crippen LogP contribution is 1.79. The first kappa shape index (κ1) is 12.6. The fraction of sp³-hybridized carbons (Fsp3) is 0.833. The fourth-order valence-electron chi connectivity index (χ4n) is 0.388. The molecule has 0 aliphatic rings. The lowest BCUT2D eigenvalue weighted by atomic mass is 10.7. The van der Waals surface area contributed by atoms with Crippen molar-refractivity contribution in [3.8, 4) is 0 Å². The molecule has 0 heterocycles. The summed E-state index contributed by atoms with van der Waals surface area (Å²) in [7, 11) is 0. The first-order chi connectivity index (χ1) is 4.31. The predicted molar refractivity (Wildman–Crippen MR) is 43.1 cm³/mol. The van der Waals surface area contributed by atoms with E-state index < -0.39 is 0 Å². The quantitative estimate of drug-likeness (QED) is 0.409. The Morgan fingerprint density at radius 3 is 2.30 bits per heavy atom. The van der Waals surface area contributed by atoms with Gasteiger partial charge in [0.2, 0.25) is 0 Å². The molecule has 0 bridgehead atoms. The Balaban J connectivity index is 0. The van der Waals surface area contributed by atoms with Gasteiger partial charge in [-0.2, -0.15) is 0 Å². The molecule has 0 fully saturated rings. The summed E-state index contributed by atoms with van der Waals surface area (Å²) in [5, 5.41) is 0. The van der Waals surface area contributed by atoms with Crippen molar-refractivity contribution in [1.82, 2.24) is 0 Å². The van der Waals surface area contributed by atoms with Gasteiger partial charge in [0.25, 0.3) is 0 Å². The number of rotatable bonds is 4. The van der Waals surface area contributed by atoms with Gasteiger partial charge in [0.1, 0.15) is 6.61 Å². The van der Waals surface area contributed by atoms with Crippen molar-refractivity contribution in [3.05, 3.63) is 0 Å². The zero-order valence-electron chi connectivity index (χ0n) is 5.85. The third-order valence-electron chi connectivity index (χ3n) is 0.729. The molecule has 0 unspecified atom stereocenters. The van der Waals surface area contributed by atoms with E-state index in [2.05, 4.69) is 4.74 Å². The van der Waals surface area contributed by atoms with Gasteiger partial charge in [0.05, 0.1) is 6.61 Å². The minimum Gasteiger partial charge on any atom is -0.464 e. The molecule has 4 heteroatoms. The predicted octanol–water partition coefficient (Wildman–Crippen LogP) is -0.598. The summed E-state index contributed by atoms with van der Waals surface area (Å²) in [6, 6.07) is 0. The number of carbonyl (C=O) groups excluding carboxylic acids is 1. The number of hydrogen-bond donors (Lipinski definition) is 0. The van der Waals surface area contributed by atoms with E-state index in [1.165, 1.54) is 0 Å². The van der Waals surface area contributed by atoms with Crippen LogP contribution in [0.2, 0.25) is 0 Å². The smallest absolute Gasteiger partial charge is 0.332 e. The van der Waals surface area contributed by atoms with Crippen LogP contribution < -0.4 is 0 Å². The van der Waals surface area contributed by atoms with E-state index in [9.17, 15) is 4.79 Å². The van der Waals surface area contributed by atoms with Crippen molar-refractivity contribution in [1.29, 1.82) is 0 Å². The molecule has 10 heavy (non-hydrogen) atoms. The monoisotopic (exact) mass is 162 g/mol. The molecule has 60 valence electrons. The molecule has 0 saturated carbocycles. The second-order valence-corrected chi connectivity index (χ2v) is 1.44. The molecule has 0 aliphatic carbocycles. The SMILES string of the molecule is CCOCC(=O)OCC.[AlH3]. The molecule has 0 aromatic heterocycles. The van der Waals surface area contributed by atoms with E-state index in [1.54, 1.807) is 6.92 Å². The van der Waals surface area contributed by atoms with Crippen LogP contribution >= 0.6 is 0 Å². The van der Waals surface area contributed by atoms with E-state index in [-0.39, 0.29) is 29.9 Å². The Morgan fingerprint density at radius 2 is 1.90 bits per heavy atom. The van der Waals surface area contributed by atoms with Gasteiger partial charge in [-0.25, -0.2) is 4.79 Å². The van der Waals surface area contributed by atoms with Gasteiger partial charge in [-0.15, -0.1) is 0 Å². The second-order valence-electron chi connectivity index (χ2n) is 1.44. The maximum absolute atomic E-state index is 10.5. The molecule has 0 atom stereocenters. The minimum absolute atomic E-state index is 0. The lowest BCUT2D eigenvalue weighted by Crippen LogP contribution is -2.11. The normalized spacial score (nSPS) is 8.20. The van der Waals surface area contributed by atoms with Gasteiger partial charge < -0.3 is 9.47 Å². The van der Waals surface area contributed by atoms with Crippen molar-refractivity contribution in [2.75, 3.05) is 19.8 Å². The highest BCUT2D eigenvalue weighted by Gasteiger charge is 1.97. The van der Waals surface area contributed by atoms with Crippen molar-refractivity contribution >= 4 is 23.3 Å². The van der Waals surface area contributed by atoms with Crippen LogP contribution in [-0.2, 0) is 14.3 Å². The fourth-order valence-corrected chi connectivity index (χ4v) is 0.388. The topological polar surface area (TPSA) is 35.5 Å². The molecule has 0 saturated heterocycles. The summed E-state index contributed by atoms with van der Waals surface area (Å²) in [6.45, 7) is 4.65. The Morgan fingerprint density at radius 1 is 1.30 bits per heavy atom. The molecule has 0 aromatic carbocycles. The Hall–Kier alpha value is -0.0375. The van der Waals surface area contributed by atoms with E-state index in [0.29, 0.717) is 13.2 Å². The first-order valence-electron chi connectivity index (χ1n) is 3.04. The largest absolute Gasteiger partial charge is 0.464 e. The van der Waals surface area contributed by atoms with Crippen molar-refractivity contribution in [2.45, 2.75) is 13.8 Å². The summed E-state index contributed by atoms with van der Waals surface area (Å²) in [4.78, 5) is 10.5. The van der Waals surface area contributed by atoms with Crippen LogP contribution in [0.4, 0.5) is 0 Å². The highest BCUT2D eigenvalue weighted by molar-refractivity contribution is 5.75. The van der Waals surface area contributed by atoms with E-state index >= 15 is 0 Å². The molecule has 0 amide bonds. The second kappa shape index (κ2) is 8.96. The van der Waals surface area contributed by atoms with Gasteiger partial charge in [-0.3, -0.25) is 0 Å². The molecular formula is C6H15AlO3. The van der Waals surface area contributed by atoms with Crippen LogP contribution in [0.25, 0.3) is 0 Å². The van der Waals surface area contributed by atoms with Crippen molar-refractivity contribution in [2.24, 2.45) is 0 Å². The number of ether oxygens (including phenoxy) is 2. The third kappa shape index (κ3) is 7.96. The van der Waals surface area contributed by atoms with Gasteiger partial charge in [-0.05, 0) is 13.8 Å². The molecule has 0 radical (unpaired) electrons. The van der Waals surface area contributed by atoms with Gasteiger partial charge in [0.15, 0.2) is 17.4 Å². The Labute approximate surface area is 71.8 Å². The zero-order chi connectivity index (χ0) is 7.11. The van der Waals surface area contributed by atoms with Crippen LogP contribution in [-0.4, -0.2) is 43.2 Å². The number of hydrogen-bond acceptors (Lipinski definition) is 3. The van der Waals surface area contributed by atoms with E-state index in [4.69, 9.17) is 4.74 Å². The average molecular weight is 162 g/mol. The molecule has 0 aliphatic heterocycles. The minimum atomic E-state index is -0.292. The maximum Gasteiger partial charge on any atom is 0.332 e. The maximum atomic E-state index is 10.5. The van der Waals surface area contributed by atoms with Crippen LogP contribution in [0.1, 0.15) is 13.8 Å². The van der Waals surface area contributed by atoms with Crippen LogP contribution in [0.3, 0.4) is 0 Å². The van der Waals surface area contributed by atoms with Gasteiger partial charge in [-0.1, -0.05) is 0 Å². The molecule has 0 aromatic rings. The van der Waals surface area contributed by atoms with Crippen LogP contribution in [0.15, 0.2) is 0 Å². The van der Waals surface area contributed by atoms with Gasteiger partial charge >= 0.3 is 5.97 Å². The van der Waals surface area contributed by atoms with Crippen molar-refractivity contribution in [3.63, 3.8) is 0 Å². The first-order valence-corrected chi connectivity index (χ1v) is 3.04. The Bertz CT molecular complexity index is 85.1. The third-order valence-corrected chi connectivity index (χ3v) is 0.729. The number of carbonyl (C=O) groups is 1. The van der Waals surface area contributed by atoms with Crippen LogP contribution in [0, 0.1) is 0 Å². The standard InChI is InChI=1S/C6H12O3.Al.3H/c1-3-8-5-6(7)9-4-2;;;;/h3-5H2,1-2H3;;;;. The summed E-state index contributed by atoms with van der Waals surface area (Å²) >= 11 is 0. The van der Waals surface area contributed by atoms with Gasteiger partial charge in [0, 0.05) is 6.61 Å². The lowest BCUT2D eigenvalue weighted by molar-refractivity contribution is -0.148. The summed E-state index contributed by atoms with van der Waals surface area (Å²) in [5.41, 5.74) is 0. The Kier molecular flexibility index (Phi) is 11.3. The summed E-state index contributed by atoms with van der Waals surface area (Å²) < 4.78 is 9.35. The molecule has 0 spiro atoms. The average Bonchev–Trinajstić information content (AvgIpc) is 1.85. The molecule has 3 nitrogen and oxygen atoms in total. The lowest BCUT2D eigenvalue weighted by Gasteiger charge is -1.99.